The molecule has 15 heavy (non-hydrogen) atoms. The van der Waals surface area contributed by atoms with Crippen LogP contribution in [-0.4, -0.2) is 11.3 Å². The summed E-state index contributed by atoms with van der Waals surface area (Å²) in [6, 6.07) is 8.49. The fourth-order valence-electron chi connectivity index (χ4n) is 1.99. The molecule has 0 saturated heterocycles. The van der Waals surface area contributed by atoms with Gasteiger partial charge in [-0.3, -0.25) is 0 Å². The molecule has 1 aromatic rings. The Hall–Kier alpha value is -0.180. The Kier molecular flexibility index (Phi) is 3.95. The van der Waals surface area contributed by atoms with Crippen molar-refractivity contribution >= 4 is 23.4 Å². The van der Waals surface area contributed by atoms with Crippen LogP contribution in [-0.2, 0) is 0 Å². The molecule has 1 saturated carbocycles. The summed E-state index contributed by atoms with van der Waals surface area (Å²) in [5.41, 5.74) is 5.97. The van der Waals surface area contributed by atoms with Gasteiger partial charge in [0, 0.05) is 21.2 Å². The van der Waals surface area contributed by atoms with Crippen LogP contribution in [0.2, 0.25) is 5.02 Å². The summed E-state index contributed by atoms with van der Waals surface area (Å²) in [6.07, 6.45) is 4.90. The van der Waals surface area contributed by atoms with Crippen LogP contribution >= 0.6 is 23.4 Å². The number of thioether (sulfide) groups is 1. The molecule has 0 radical (unpaired) electrons. The second kappa shape index (κ2) is 5.24. The molecule has 2 atom stereocenters. The molecule has 0 bridgehead atoms. The van der Waals surface area contributed by atoms with Gasteiger partial charge >= 0.3 is 0 Å². The van der Waals surface area contributed by atoms with E-state index in [4.69, 9.17) is 17.3 Å². The molecule has 82 valence electrons. The SMILES string of the molecule is NC1CCCC(Sc2ccc(Cl)cc2)C1. The Bertz CT molecular complexity index is 312. The zero-order chi connectivity index (χ0) is 10.7. The third-order valence-corrected chi connectivity index (χ3v) is 4.34. The van der Waals surface area contributed by atoms with Crippen LogP contribution in [0.5, 0.6) is 0 Å². The Balaban J connectivity index is 1.93. The van der Waals surface area contributed by atoms with E-state index in [1.807, 2.05) is 23.9 Å². The number of rotatable bonds is 2. The summed E-state index contributed by atoms with van der Waals surface area (Å²) in [6.45, 7) is 0. The monoisotopic (exact) mass is 241 g/mol. The van der Waals surface area contributed by atoms with Crippen molar-refractivity contribution in [3.05, 3.63) is 29.3 Å². The van der Waals surface area contributed by atoms with E-state index in [1.165, 1.54) is 24.2 Å². The Morgan fingerprint density at radius 2 is 1.93 bits per heavy atom. The molecule has 0 spiro atoms. The van der Waals surface area contributed by atoms with Gasteiger partial charge in [-0.1, -0.05) is 18.0 Å². The highest BCUT2D eigenvalue weighted by Gasteiger charge is 2.19. The first kappa shape index (κ1) is 11.3. The van der Waals surface area contributed by atoms with Gasteiger partial charge in [-0.15, -0.1) is 11.8 Å². The van der Waals surface area contributed by atoms with E-state index in [0.29, 0.717) is 11.3 Å². The summed E-state index contributed by atoms with van der Waals surface area (Å²) in [5, 5.41) is 1.50. The molecule has 0 aliphatic heterocycles. The zero-order valence-electron chi connectivity index (χ0n) is 8.66. The number of benzene rings is 1. The van der Waals surface area contributed by atoms with E-state index >= 15 is 0 Å². The lowest BCUT2D eigenvalue weighted by atomic mass is 9.96. The molecule has 0 heterocycles. The molecule has 2 rings (SSSR count). The van der Waals surface area contributed by atoms with Gasteiger partial charge in [-0.2, -0.15) is 0 Å². The average Bonchev–Trinajstić information content (AvgIpc) is 2.22. The summed E-state index contributed by atoms with van der Waals surface area (Å²) in [4.78, 5) is 1.30. The van der Waals surface area contributed by atoms with Crippen LogP contribution in [0.4, 0.5) is 0 Å². The lowest BCUT2D eigenvalue weighted by molar-refractivity contribution is 0.451. The standard InChI is InChI=1S/C12H16ClNS/c13-9-4-6-11(7-5-9)15-12-3-1-2-10(14)8-12/h4-7,10,12H,1-3,8,14H2. The molecule has 1 nitrogen and oxygen atoms in total. The predicted molar refractivity (Wildman–Crippen MR) is 67.5 cm³/mol. The first-order chi connectivity index (χ1) is 7.24. The van der Waals surface area contributed by atoms with Crippen molar-refractivity contribution in [3.8, 4) is 0 Å². The van der Waals surface area contributed by atoms with Crippen molar-refractivity contribution in [3.63, 3.8) is 0 Å². The molecular weight excluding hydrogens is 226 g/mol. The van der Waals surface area contributed by atoms with E-state index in [2.05, 4.69) is 12.1 Å². The minimum absolute atomic E-state index is 0.406. The van der Waals surface area contributed by atoms with Gasteiger partial charge in [-0.25, -0.2) is 0 Å². The molecule has 1 aliphatic carbocycles. The third kappa shape index (κ3) is 3.40. The van der Waals surface area contributed by atoms with Crippen LogP contribution < -0.4 is 5.73 Å². The lowest BCUT2D eigenvalue weighted by Gasteiger charge is -2.26. The van der Waals surface area contributed by atoms with Gasteiger partial charge in [-0.05, 0) is 43.5 Å². The lowest BCUT2D eigenvalue weighted by Crippen LogP contribution is -2.29. The minimum Gasteiger partial charge on any atom is -0.328 e. The first-order valence-electron chi connectivity index (χ1n) is 5.42. The van der Waals surface area contributed by atoms with Crippen molar-refractivity contribution in [2.24, 2.45) is 5.73 Å². The molecule has 1 fully saturated rings. The number of nitrogens with two attached hydrogens (primary N) is 1. The van der Waals surface area contributed by atoms with Gasteiger partial charge in [0.15, 0.2) is 0 Å². The van der Waals surface area contributed by atoms with Crippen molar-refractivity contribution in [1.82, 2.24) is 0 Å². The predicted octanol–water partition coefficient (Wildman–Crippen LogP) is 3.70. The van der Waals surface area contributed by atoms with E-state index in [1.54, 1.807) is 0 Å². The van der Waals surface area contributed by atoms with Crippen LogP contribution in [0, 0.1) is 0 Å². The van der Waals surface area contributed by atoms with E-state index in [9.17, 15) is 0 Å². The minimum atomic E-state index is 0.406. The second-order valence-electron chi connectivity index (χ2n) is 4.12. The van der Waals surface area contributed by atoms with Crippen LogP contribution in [0.1, 0.15) is 25.7 Å². The quantitative estimate of drug-likeness (QED) is 0.855. The summed E-state index contributed by atoms with van der Waals surface area (Å²) in [5.74, 6) is 0. The number of halogens is 1. The Morgan fingerprint density at radius 3 is 2.60 bits per heavy atom. The van der Waals surface area contributed by atoms with E-state index < -0.39 is 0 Å². The van der Waals surface area contributed by atoms with Gasteiger partial charge in [0.05, 0.1) is 0 Å². The van der Waals surface area contributed by atoms with E-state index in [0.717, 1.165) is 11.4 Å². The molecule has 1 aromatic carbocycles. The Labute approximate surface area is 100 Å². The maximum absolute atomic E-state index is 5.97. The van der Waals surface area contributed by atoms with Crippen LogP contribution in [0.3, 0.4) is 0 Å². The van der Waals surface area contributed by atoms with Crippen LogP contribution in [0.25, 0.3) is 0 Å². The van der Waals surface area contributed by atoms with Crippen molar-refractivity contribution in [2.75, 3.05) is 0 Å². The topological polar surface area (TPSA) is 26.0 Å². The third-order valence-electron chi connectivity index (χ3n) is 2.78. The highest BCUT2D eigenvalue weighted by molar-refractivity contribution is 8.00. The fourth-order valence-corrected chi connectivity index (χ4v) is 3.43. The van der Waals surface area contributed by atoms with Gasteiger partial charge in [0.2, 0.25) is 0 Å². The second-order valence-corrected chi connectivity index (χ2v) is 5.93. The Morgan fingerprint density at radius 1 is 1.20 bits per heavy atom. The van der Waals surface area contributed by atoms with Crippen molar-refractivity contribution in [2.45, 2.75) is 41.9 Å². The normalized spacial score (nSPS) is 26.5. The smallest absolute Gasteiger partial charge is 0.0406 e. The molecular formula is C12H16ClNS. The van der Waals surface area contributed by atoms with Crippen LogP contribution in [0.15, 0.2) is 29.2 Å². The van der Waals surface area contributed by atoms with Crippen molar-refractivity contribution in [1.29, 1.82) is 0 Å². The molecule has 2 unspecified atom stereocenters. The molecule has 2 N–H and O–H groups in total. The molecule has 3 heteroatoms. The maximum Gasteiger partial charge on any atom is 0.0406 e. The largest absolute Gasteiger partial charge is 0.328 e. The molecule has 0 amide bonds. The van der Waals surface area contributed by atoms with Crippen molar-refractivity contribution < 1.29 is 0 Å². The summed E-state index contributed by atoms with van der Waals surface area (Å²) in [7, 11) is 0. The van der Waals surface area contributed by atoms with Gasteiger partial charge < -0.3 is 5.73 Å². The summed E-state index contributed by atoms with van der Waals surface area (Å²) < 4.78 is 0. The number of hydrogen-bond donors (Lipinski definition) is 1. The molecule has 0 aromatic heterocycles. The highest BCUT2D eigenvalue weighted by Crippen LogP contribution is 2.33. The maximum atomic E-state index is 5.97. The van der Waals surface area contributed by atoms with Gasteiger partial charge in [0.1, 0.15) is 0 Å². The highest BCUT2D eigenvalue weighted by atomic mass is 35.5. The first-order valence-corrected chi connectivity index (χ1v) is 6.67. The average molecular weight is 242 g/mol. The van der Waals surface area contributed by atoms with E-state index in [-0.39, 0.29) is 0 Å². The zero-order valence-corrected chi connectivity index (χ0v) is 10.2. The number of hydrogen-bond acceptors (Lipinski definition) is 2. The molecule has 1 aliphatic rings. The van der Waals surface area contributed by atoms with Gasteiger partial charge in [0.25, 0.3) is 0 Å². The summed E-state index contributed by atoms with van der Waals surface area (Å²) >= 11 is 7.79. The fraction of sp³-hybridized carbons (Fsp3) is 0.500.